The van der Waals surface area contributed by atoms with Crippen molar-refractivity contribution in [1.82, 2.24) is 0 Å². The van der Waals surface area contributed by atoms with E-state index in [2.05, 4.69) is 185 Å². The van der Waals surface area contributed by atoms with Crippen molar-refractivity contribution in [3.05, 3.63) is 169 Å². The largest absolute Gasteiger partial charge is 0.0683 e. The summed E-state index contributed by atoms with van der Waals surface area (Å²) in [6.07, 6.45) is 1.25. The van der Waals surface area contributed by atoms with Crippen molar-refractivity contribution in [3.8, 4) is 66.8 Å². The molecule has 0 bridgehead atoms. The summed E-state index contributed by atoms with van der Waals surface area (Å²) in [5, 5.41) is 5.21. The van der Waals surface area contributed by atoms with Gasteiger partial charge in [-0.05, 0) is 124 Å². The lowest BCUT2D eigenvalue weighted by atomic mass is 9.81. The van der Waals surface area contributed by atoms with Gasteiger partial charge in [-0.3, -0.25) is 0 Å². The highest BCUT2D eigenvalue weighted by Gasteiger charge is 2.35. The van der Waals surface area contributed by atoms with Gasteiger partial charge in [-0.2, -0.15) is 0 Å². The molecule has 0 heteroatoms. The van der Waals surface area contributed by atoms with E-state index in [0.717, 1.165) is 0 Å². The maximum Gasteiger partial charge on any atom is 0.0159 e. The Morgan fingerprint density at radius 1 is 0.365 bits per heavy atom. The minimum Gasteiger partial charge on any atom is -0.0683 e. The molecule has 10 rings (SSSR count). The standard InChI is InChI=1S/C47H32.C3H8.C2H6/c1-47(2)44-16-6-5-13-39(44)40-22-21-34(28-45(40)47)33-20-19-31-25-30(17-18-32(31)26-33)29-9-7-10-35(27-29)36-23-24-43-38-12-4-3-11-37(38)42-15-8-14-41(36)46(42)43;1-3-2;1-2/h3-28H,1-2H3;3H2,1-2H3;1-2H3. The van der Waals surface area contributed by atoms with E-state index in [-0.39, 0.29) is 5.41 Å². The molecule has 0 spiro atoms. The zero-order chi connectivity index (χ0) is 36.0. The predicted molar refractivity (Wildman–Crippen MR) is 227 cm³/mol. The Morgan fingerprint density at radius 2 is 0.827 bits per heavy atom. The number of hydrogen-bond acceptors (Lipinski definition) is 0. The third-order valence-electron chi connectivity index (χ3n) is 10.8. The highest BCUT2D eigenvalue weighted by molar-refractivity contribution is 6.18. The van der Waals surface area contributed by atoms with Gasteiger partial charge < -0.3 is 0 Å². The molecule has 0 unspecified atom stereocenters. The van der Waals surface area contributed by atoms with Gasteiger partial charge in [0.15, 0.2) is 0 Å². The number of benzene rings is 8. The summed E-state index contributed by atoms with van der Waals surface area (Å²) in [5.74, 6) is 0. The molecule has 0 fully saturated rings. The van der Waals surface area contributed by atoms with Gasteiger partial charge in [-0.15, -0.1) is 0 Å². The van der Waals surface area contributed by atoms with E-state index in [1.807, 2.05) is 13.8 Å². The highest BCUT2D eigenvalue weighted by Crippen LogP contribution is 2.51. The van der Waals surface area contributed by atoms with Gasteiger partial charge in [-0.25, -0.2) is 0 Å². The second-order valence-corrected chi connectivity index (χ2v) is 14.4. The van der Waals surface area contributed by atoms with E-state index in [1.165, 1.54) is 106 Å². The lowest BCUT2D eigenvalue weighted by Gasteiger charge is -2.22. The van der Waals surface area contributed by atoms with E-state index in [0.29, 0.717) is 0 Å². The fourth-order valence-electron chi connectivity index (χ4n) is 8.42. The molecule has 8 aromatic rings. The van der Waals surface area contributed by atoms with Crippen molar-refractivity contribution in [2.24, 2.45) is 0 Å². The molecule has 0 N–H and O–H groups in total. The van der Waals surface area contributed by atoms with Crippen LogP contribution >= 0.6 is 0 Å². The molecule has 0 saturated heterocycles. The van der Waals surface area contributed by atoms with E-state index in [4.69, 9.17) is 0 Å². The Hall–Kier alpha value is -5.72. The Kier molecular flexibility index (Phi) is 8.64. The molecule has 0 aromatic heterocycles. The Morgan fingerprint density at radius 3 is 1.52 bits per heavy atom. The van der Waals surface area contributed by atoms with Gasteiger partial charge in [0.1, 0.15) is 0 Å². The molecule has 8 aromatic carbocycles. The van der Waals surface area contributed by atoms with Crippen molar-refractivity contribution >= 4 is 21.5 Å². The maximum atomic E-state index is 2.41. The first-order valence-electron chi connectivity index (χ1n) is 19.0. The smallest absolute Gasteiger partial charge is 0.0159 e. The van der Waals surface area contributed by atoms with Gasteiger partial charge in [0.05, 0.1) is 0 Å². The molecule has 0 heterocycles. The molecule has 0 atom stereocenters. The van der Waals surface area contributed by atoms with Crippen LogP contribution in [0.2, 0.25) is 0 Å². The predicted octanol–water partition coefficient (Wildman–Crippen LogP) is 15.4. The van der Waals surface area contributed by atoms with Crippen LogP contribution in [0, 0.1) is 0 Å². The van der Waals surface area contributed by atoms with Gasteiger partial charge >= 0.3 is 0 Å². The van der Waals surface area contributed by atoms with Crippen LogP contribution in [0.15, 0.2) is 158 Å². The average molecular weight is 671 g/mol. The maximum absolute atomic E-state index is 2.41. The molecule has 52 heavy (non-hydrogen) atoms. The summed E-state index contributed by atoms with van der Waals surface area (Å²) in [6.45, 7) is 12.9. The molecule has 0 aliphatic heterocycles. The van der Waals surface area contributed by atoms with E-state index < -0.39 is 0 Å². The van der Waals surface area contributed by atoms with Crippen molar-refractivity contribution in [3.63, 3.8) is 0 Å². The Labute approximate surface area is 309 Å². The summed E-state index contributed by atoms with van der Waals surface area (Å²) >= 11 is 0. The number of fused-ring (bicyclic) bond motifs is 7. The second kappa shape index (κ2) is 13.4. The van der Waals surface area contributed by atoms with Crippen molar-refractivity contribution in [2.75, 3.05) is 0 Å². The fraction of sp³-hybridized carbons (Fsp3) is 0.154. The quantitative estimate of drug-likeness (QED) is 0.175. The van der Waals surface area contributed by atoms with Crippen molar-refractivity contribution in [1.29, 1.82) is 0 Å². The monoisotopic (exact) mass is 670 g/mol. The van der Waals surface area contributed by atoms with Crippen LogP contribution in [-0.2, 0) is 5.41 Å². The first kappa shape index (κ1) is 33.4. The fourth-order valence-corrected chi connectivity index (χ4v) is 8.42. The third-order valence-corrected chi connectivity index (χ3v) is 10.8. The zero-order valence-corrected chi connectivity index (χ0v) is 31.2. The minimum absolute atomic E-state index is 0.0000248. The Bertz CT molecular complexity index is 2580. The van der Waals surface area contributed by atoms with Gasteiger partial charge in [0.25, 0.3) is 0 Å². The van der Waals surface area contributed by atoms with Crippen molar-refractivity contribution in [2.45, 2.75) is 53.4 Å². The Balaban J connectivity index is 0.000000738. The summed E-state index contributed by atoms with van der Waals surface area (Å²) in [4.78, 5) is 0. The van der Waals surface area contributed by atoms with Crippen LogP contribution in [0.1, 0.15) is 59.1 Å². The SMILES string of the molecule is CC.CC1(C)c2ccccc2-c2ccc(-c3ccc4cc(-c5cccc(-c6ccc7c8c(cccc68)-c6ccccc6-7)c5)ccc4c3)cc21.CCC. The third kappa shape index (κ3) is 5.37. The van der Waals surface area contributed by atoms with Crippen LogP contribution in [0.3, 0.4) is 0 Å². The van der Waals surface area contributed by atoms with Crippen LogP contribution in [0.5, 0.6) is 0 Å². The molecular formula is C52H46. The highest BCUT2D eigenvalue weighted by atomic mass is 14.4. The summed E-state index contributed by atoms with van der Waals surface area (Å²) in [5.41, 5.74) is 18.5. The van der Waals surface area contributed by atoms with Gasteiger partial charge in [0, 0.05) is 5.41 Å². The summed E-state index contributed by atoms with van der Waals surface area (Å²) in [6, 6.07) is 58.9. The summed E-state index contributed by atoms with van der Waals surface area (Å²) < 4.78 is 0. The molecular weight excluding hydrogens is 625 g/mol. The second-order valence-electron chi connectivity index (χ2n) is 14.4. The molecule has 0 nitrogen and oxygen atoms in total. The molecule has 254 valence electrons. The zero-order valence-electron chi connectivity index (χ0n) is 31.2. The minimum atomic E-state index is 0.0000248. The average Bonchev–Trinajstić information content (AvgIpc) is 3.65. The van der Waals surface area contributed by atoms with Crippen LogP contribution in [0.4, 0.5) is 0 Å². The van der Waals surface area contributed by atoms with E-state index in [9.17, 15) is 0 Å². The van der Waals surface area contributed by atoms with Gasteiger partial charge in [0.2, 0.25) is 0 Å². The molecule has 0 radical (unpaired) electrons. The number of hydrogen-bond donors (Lipinski definition) is 0. The van der Waals surface area contributed by atoms with Crippen LogP contribution in [0.25, 0.3) is 88.3 Å². The van der Waals surface area contributed by atoms with Crippen LogP contribution in [-0.4, -0.2) is 0 Å². The molecule has 0 saturated carbocycles. The topological polar surface area (TPSA) is 0 Å². The normalized spacial score (nSPS) is 12.7. The molecule has 2 aliphatic rings. The lowest BCUT2D eigenvalue weighted by molar-refractivity contribution is 0.660. The van der Waals surface area contributed by atoms with E-state index in [1.54, 1.807) is 0 Å². The summed E-state index contributed by atoms with van der Waals surface area (Å²) in [7, 11) is 0. The lowest BCUT2D eigenvalue weighted by Crippen LogP contribution is -2.14. The van der Waals surface area contributed by atoms with E-state index >= 15 is 0 Å². The van der Waals surface area contributed by atoms with Gasteiger partial charge in [-0.1, -0.05) is 181 Å². The van der Waals surface area contributed by atoms with Crippen LogP contribution < -0.4 is 0 Å². The first-order chi connectivity index (χ1) is 25.5. The first-order valence-corrected chi connectivity index (χ1v) is 19.0. The number of rotatable bonds is 3. The molecule has 2 aliphatic carbocycles. The molecule has 0 amide bonds. The van der Waals surface area contributed by atoms with Crippen molar-refractivity contribution < 1.29 is 0 Å².